The summed E-state index contributed by atoms with van der Waals surface area (Å²) in [6, 6.07) is 38.3. The summed E-state index contributed by atoms with van der Waals surface area (Å²) < 4.78 is 5.30. The smallest absolute Gasteiger partial charge is 0.0504 e. The highest BCUT2D eigenvalue weighted by molar-refractivity contribution is 6.50. The average molecular weight is 639 g/mol. The van der Waals surface area contributed by atoms with Gasteiger partial charge in [0.05, 0.1) is 11.0 Å². The molecule has 11 aromatic carbocycles. The molecule has 0 fully saturated rings. The van der Waals surface area contributed by atoms with Gasteiger partial charge in [0.2, 0.25) is 0 Å². The van der Waals surface area contributed by atoms with Crippen LogP contribution in [0.3, 0.4) is 0 Å². The topological polar surface area (TPSA) is 9.86 Å². The van der Waals surface area contributed by atoms with Crippen molar-refractivity contribution in [2.45, 2.75) is 40.8 Å². The molecule has 0 N–H and O–H groups in total. The fourth-order valence-electron chi connectivity index (χ4n) is 10.9. The third-order valence-electron chi connectivity index (χ3n) is 12.5. The summed E-state index contributed by atoms with van der Waals surface area (Å²) in [5, 5.41) is 28.1. The zero-order valence-electron chi connectivity index (χ0n) is 28.7. The molecule has 13 rings (SSSR count). The van der Waals surface area contributed by atoms with Crippen molar-refractivity contribution in [1.29, 1.82) is 0 Å². The molecule has 0 radical (unpaired) electrons. The van der Waals surface area contributed by atoms with Crippen LogP contribution in [-0.2, 0) is 13.1 Å². The molecule has 0 aliphatic carbocycles. The fraction of sp³-hybridized carbons (Fsp3) is 0.167. The van der Waals surface area contributed by atoms with Crippen molar-refractivity contribution in [2.75, 3.05) is 0 Å². The Morgan fingerprint density at radius 2 is 0.720 bits per heavy atom. The van der Waals surface area contributed by atoms with Crippen LogP contribution < -0.4 is 0 Å². The molecule has 0 atom stereocenters. The second-order valence-corrected chi connectivity index (χ2v) is 16.2. The van der Waals surface area contributed by atoms with E-state index in [-0.39, 0.29) is 0 Å². The van der Waals surface area contributed by atoms with Gasteiger partial charge < -0.3 is 9.13 Å². The second kappa shape index (κ2) is 8.40. The Hall–Kier alpha value is -5.60. The van der Waals surface area contributed by atoms with Gasteiger partial charge in [-0.1, -0.05) is 100 Å². The Morgan fingerprint density at radius 3 is 1.14 bits per heavy atom. The van der Waals surface area contributed by atoms with E-state index >= 15 is 0 Å². The minimum Gasteiger partial charge on any atom is -0.340 e. The number of benzene rings is 11. The molecule has 0 amide bonds. The minimum absolute atomic E-state index is 0.534. The van der Waals surface area contributed by atoms with Gasteiger partial charge in [-0.25, -0.2) is 0 Å². The van der Waals surface area contributed by atoms with E-state index in [1.54, 1.807) is 0 Å². The highest BCUT2D eigenvalue weighted by Gasteiger charge is 2.28. The van der Waals surface area contributed by atoms with E-state index in [9.17, 15) is 0 Å². The minimum atomic E-state index is 0.534. The summed E-state index contributed by atoms with van der Waals surface area (Å²) in [4.78, 5) is 0. The molecule has 0 aliphatic rings. The molecule has 0 unspecified atom stereocenters. The summed E-state index contributed by atoms with van der Waals surface area (Å²) in [7, 11) is 0. The first kappa shape index (κ1) is 26.3. The molecule has 0 spiro atoms. The number of rotatable bonds is 4. The van der Waals surface area contributed by atoms with Gasteiger partial charge in [0.25, 0.3) is 0 Å². The van der Waals surface area contributed by atoms with Crippen molar-refractivity contribution >= 4 is 130 Å². The Morgan fingerprint density at radius 1 is 0.340 bits per heavy atom. The van der Waals surface area contributed by atoms with Crippen LogP contribution in [0.5, 0.6) is 0 Å². The van der Waals surface area contributed by atoms with Gasteiger partial charge in [0.1, 0.15) is 0 Å². The molecule has 2 aromatic heterocycles. The largest absolute Gasteiger partial charge is 0.340 e. The van der Waals surface area contributed by atoms with Crippen molar-refractivity contribution in [3.8, 4) is 0 Å². The van der Waals surface area contributed by atoms with Crippen molar-refractivity contribution < 1.29 is 0 Å². The van der Waals surface area contributed by atoms with Gasteiger partial charge in [-0.15, -0.1) is 0 Å². The van der Waals surface area contributed by atoms with Crippen LogP contribution >= 0.6 is 0 Å². The van der Waals surface area contributed by atoms with Crippen molar-refractivity contribution in [3.05, 3.63) is 97.1 Å². The van der Waals surface area contributed by atoms with E-state index in [1.165, 1.54) is 130 Å². The average Bonchev–Trinajstić information content (AvgIpc) is 3.61. The third kappa shape index (κ3) is 2.76. The van der Waals surface area contributed by atoms with E-state index in [2.05, 4.69) is 134 Å². The van der Waals surface area contributed by atoms with Crippen LogP contribution in [0.25, 0.3) is 130 Å². The molecular formula is C48H34N2. The lowest BCUT2D eigenvalue weighted by Gasteiger charge is -2.21. The van der Waals surface area contributed by atoms with E-state index < -0.39 is 0 Å². The van der Waals surface area contributed by atoms with Crippen LogP contribution in [0.2, 0.25) is 0 Å². The molecule has 0 aliphatic heterocycles. The molecule has 0 bridgehead atoms. The van der Waals surface area contributed by atoms with E-state index in [0.29, 0.717) is 11.8 Å². The molecule has 50 heavy (non-hydrogen) atoms. The second-order valence-electron chi connectivity index (χ2n) is 16.2. The molecule has 2 nitrogen and oxygen atoms in total. The Bertz CT molecular complexity index is 3290. The Labute approximate surface area is 287 Å². The zero-order chi connectivity index (χ0) is 32.9. The Kier molecular flexibility index (Phi) is 4.41. The van der Waals surface area contributed by atoms with Crippen LogP contribution in [0.15, 0.2) is 97.1 Å². The standard InChI is InChI=1S/C48H34N2/c1-23(2)21-49-35-17-11-25-7-5-9-27-31-15-13-29-30-14-16-32-28-10-6-8-26-12-18-36-46(40(26)28)48-38(50(36)22-24(3)4)20-34(42(30)44(32)48)33-19-37(49)47(43(31)41(29)33)45(35)39(25)27/h5-20,23-24H,21-22H2,1-4H3. The van der Waals surface area contributed by atoms with Crippen LogP contribution in [0, 0.1) is 11.8 Å². The number of aromatic nitrogens is 2. The number of hydrogen-bond acceptors (Lipinski definition) is 0. The van der Waals surface area contributed by atoms with E-state index in [0.717, 1.165) is 13.1 Å². The third-order valence-corrected chi connectivity index (χ3v) is 12.5. The lowest BCUT2D eigenvalue weighted by Crippen LogP contribution is -2.04. The molecule has 2 heterocycles. The molecule has 0 saturated heterocycles. The maximum atomic E-state index is 2.65. The SMILES string of the molecule is CC(C)Cn1c2ccc3cccc4c5ccc6c7ccc8c9cccc%10ccc%11c(c%109)c9c8c7c(cc9n%11CC(C)C)c7cc1c(c5c67)c2c34. The van der Waals surface area contributed by atoms with Gasteiger partial charge in [-0.05, 0) is 112 Å². The molecular weight excluding hydrogens is 605 g/mol. The van der Waals surface area contributed by atoms with Crippen LogP contribution in [-0.4, -0.2) is 9.13 Å². The summed E-state index contributed by atoms with van der Waals surface area (Å²) in [5.74, 6) is 1.07. The monoisotopic (exact) mass is 638 g/mol. The molecule has 0 saturated carbocycles. The lowest BCUT2D eigenvalue weighted by atomic mass is 9.82. The first-order valence-electron chi connectivity index (χ1n) is 18.4. The maximum Gasteiger partial charge on any atom is 0.0504 e. The van der Waals surface area contributed by atoms with Crippen LogP contribution in [0.1, 0.15) is 27.7 Å². The number of hydrogen-bond donors (Lipinski definition) is 0. The van der Waals surface area contributed by atoms with Gasteiger partial charge in [0.15, 0.2) is 0 Å². The van der Waals surface area contributed by atoms with Gasteiger partial charge in [-0.2, -0.15) is 0 Å². The van der Waals surface area contributed by atoms with E-state index in [1.807, 2.05) is 0 Å². The molecule has 2 heteroatoms. The quantitative estimate of drug-likeness (QED) is 0.134. The van der Waals surface area contributed by atoms with Crippen molar-refractivity contribution in [2.24, 2.45) is 11.8 Å². The maximum absolute atomic E-state index is 2.65. The van der Waals surface area contributed by atoms with Crippen molar-refractivity contribution in [3.63, 3.8) is 0 Å². The highest BCUT2D eigenvalue weighted by atomic mass is 15.0. The van der Waals surface area contributed by atoms with Crippen molar-refractivity contribution in [1.82, 2.24) is 9.13 Å². The Balaban J connectivity index is 1.37. The molecule has 13 aromatic rings. The first-order valence-corrected chi connectivity index (χ1v) is 18.4. The summed E-state index contributed by atoms with van der Waals surface area (Å²) in [6.07, 6.45) is 0. The van der Waals surface area contributed by atoms with Gasteiger partial charge >= 0.3 is 0 Å². The predicted octanol–water partition coefficient (Wildman–Crippen LogP) is 13.6. The lowest BCUT2D eigenvalue weighted by molar-refractivity contribution is 0.545. The predicted molar refractivity (Wildman–Crippen MR) is 218 cm³/mol. The number of nitrogens with zero attached hydrogens (tertiary/aromatic N) is 2. The summed E-state index contributed by atoms with van der Waals surface area (Å²) >= 11 is 0. The fourth-order valence-corrected chi connectivity index (χ4v) is 10.9. The van der Waals surface area contributed by atoms with E-state index in [4.69, 9.17) is 0 Å². The van der Waals surface area contributed by atoms with Crippen LogP contribution in [0.4, 0.5) is 0 Å². The normalized spacial score (nSPS) is 13.7. The summed E-state index contributed by atoms with van der Waals surface area (Å²) in [6.45, 7) is 11.4. The van der Waals surface area contributed by atoms with Gasteiger partial charge in [0, 0.05) is 56.4 Å². The first-order chi connectivity index (χ1) is 24.5. The highest BCUT2D eigenvalue weighted by Crippen LogP contribution is 2.55. The zero-order valence-corrected chi connectivity index (χ0v) is 28.7. The summed E-state index contributed by atoms with van der Waals surface area (Å²) in [5.41, 5.74) is 5.50. The number of fused-ring (bicyclic) bond motifs is 4. The molecule has 236 valence electrons. The van der Waals surface area contributed by atoms with Gasteiger partial charge in [-0.3, -0.25) is 0 Å².